The van der Waals surface area contributed by atoms with Crippen LogP contribution in [0.5, 0.6) is 0 Å². The molecule has 56 heavy (non-hydrogen) atoms. The van der Waals surface area contributed by atoms with E-state index in [4.69, 9.17) is 16.2 Å². The molecule has 0 aromatic heterocycles. The summed E-state index contributed by atoms with van der Waals surface area (Å²) < 4.78 is 5.54. The molecule has 0 radical (unpaired) electrons. The molecule has 2 aliphatic rings. The molecule has 18 heteroatoms. The highest BCUT2D eigenvalue weighted by Crippen LogP contribution is 2.22. The number of benzene rings is 2. The number of carboxylic acids is 1. The number of carboxylic acid groups (broad SMARTS) is 1. The minimum atomic E-state index is -1.23. The number of guanidine groups is 1. The third-order valence-electron chi connectivity index (χ3n) is 9.32. The molecule has 2 aromatic carbocycles. The third-order valence-corrected chi connectivity index (χ3v) is 9.32. The van der Waals surface area contributed by atoms with Gasteiger partial charge in [-0.25, -0.2) is 9.59 Å². The fourth-order valence-corrected chi connectivity index (χ4v) is 6.48. The van der Waals surface area contributed by atoms with Gasteiger partial charge in [0.15, 0.2) is 5.96 Å². The van der Waals surface area contributed by atoms with Gasteiger partial charge in [-0.3, -0.25) is 29.1 Å². The number of carbonyl (C=O) groups is 6. The summed E-state index contributed by atoms with van der Waals surface area (Å²) in [6.45, 7) is 4.06. The molecule has 0 bridgehead atoms. The van der Waals surface area contributed by atoms with Crippen molar-refractivity contribution in [3.8, 4) is 0 Å². The molecule has 0 aliphatic carbocycles. The molecule has 2 aromatic rings. The summed E-state index contributed by atoms with van der Waals surface area (Å²) >= 11 is 0. The van der Waals surface area contributed by atoms with Crippen molar-refractivity contribution in [1.82, 2.24) is 25.8 Å². The Hall–Kier alpha value is -6.07. The highest BCUT2D eigenvalue weighted by atomic mass is 16.6. The van der Waals surface area contributed by atoms with Crippen LogP contribution < -0.4 is 27.4 Å². The molecule has 4 atom stereocenters. The van der Waals surface area contributed by atoms with Crippen molar-refractivity contribution in [2.45, 2.75) is 89.6 Å². The number of hydrogen-bond acceptors (Lipinski definition) is 10. The predicted octanol–water partition coefficient (Wildman–Crippen LogP) is 2.46. The van der Waals surface area contributed by atoms with Crippen molar-refractivity contribution in [1.29, 1.82) is 0 Å². The Kier molecular flexibility index (Phi) is 16.1. The number of hydrogen-bond donors (Lipinski definition) is 6. The molecule has 2 aliphatic heterocycles. The molecular formula is C38H52N10O8. The largest absolute Gasteiger partial charge is 0.480 e. The van der Waals surface area contributed by atoms with Gasteiger partial charge in [-0.15, -0.1) is 0 Å². The lowest BCUT2D eigenvalue weighted by molar-refractivity contribution is -0.144. The number of azo groups is 1. The van der Waals surface area contributed by atoms with Crippen molar-refractivity contribution in [2.75, 3.05) is 26.2 Å². The smallest absolute Gasteiger partial charge is 0.410 e. The number of carbonyl (C=O) groups excluding carboxylic acids is 5. The van der Waals surface area contributed by atoms with E-state index in [1.807, 2.05) is 44.2 Å². The zero-order valence-corrected chi connectivity index (χ0v) is 31.8. The first-order chi connectivity index (χ1) is 26.8. The lowest BCUT2D eigenvalue weighted by Gasteiger charge is -2.27. The van der Waals surface area contributed by atoms with Gasteiger partial charge in [-0.1, -0.05) is 44.2 Å². The van der Waals surface area contributed by atoms with Gasteiger partial charge < -0.3 is 42.2 Å². The molecule has 18 nitrogen and oxygen atoms in total. The number of aliphatic carboxylic acids is 1. The van der Waals surface area contributed by atoms with Gasteiger partial charge in [-0.05, 0) is 80.7 Å². The Morgan fingerprint density at radius 2 is 1.43 bits per heavy atom. The summed E-state index contributed by atoms with van der Waals surface area (Å²) in [5.74, 6) is -3.60. The van der Waals surface area contributed by atoms with E-state index in [2.05, 4.69) is 31.2 Å². The maximum atomic E-state index is 13.5. The van der Waals surface area contributed by atoms with Crippen molar-refractivity contribution >= 4 is 53.0 Å². The van der Waals surface area contributed by atoms with Crippen LogP contribution in [0.4, 0.5) is 16.2 Å². The van der Waals surface area contributed by atoms with Crippen LogP contribution in [0.15, 0.2) is 69.8 Å². The van der Waals surface area contributed by atoms with E-state index in [9.17, 15) is 33.9 Å². The first-order valence-electron chi connectivity index (χ1n) is 18.8. The maximum Gasteiger partial charge on any atom is 0.410 e. The van der Waals surface area contributed by atoms with Crippen LogP contribution in [0.1, 0.15) is 64.4 Å². The number of nitrogens with zero attached hydrogens (tertiary/aromatic N) is 5. The van der Waals surface area contributed by atoms with Crippen LogP contribution in [0.25, 0.3) is 0 Å². The normalized spacial score (nSPS) is 17.6. The van der Waals surface area contributed by atoms with Crippen LogP contribution in [0, 0.1) is 5.92 Å². The number of nitrogens with one attached hydrogen (secondary N) is 3. The number of ether oxygens (including phenoxy) is 1. The van der Waals surface area contributed by atoms with E-state index in [1.54, 1.807) is 24.3 Å². The Morgan fingerprint density at radius 3 is 2.04 bits per heavy atom. The quantitative estimate of drug-likeness (QED) is 0.0557. The molecule has 2 unspecified atom stereocenters. The van der Waals surface area contributed by atoms with E-state index in [0.717, 1.165) is 11.3 Å². The molecule has 0 spiro atoms. The second-order valence-electron chi connectivity index (χ2n) is 14.1. The molecule has 8 N–H and O–H groups in total. The Balaban J connectivity index is 1.27. The van der Waals surface area contributed by atoms with E-state index < -0.39 is 66.4 Å². The summed E-state index contributed by atoms with van der Waals surface area (Å²) in [6, 6.07) is 12.4. The predicted molar refractivity (Wildman–Crippen MR) is 206 cm³/mol. The molecular weight excluding hydrogens is 724 g/mol. The number of amides is 5. The van der Waals surface area contributed by atoms with Crippen molar-refractivity contribution < 1.29 is 38.6 Å². The van der Waals surface area contributed by atoms with Crippen LogP contribution in [-0.4, -0.2) is 107 Å². The van der Waals surface area contributed by atoms with E-state index in [0.29, 0.717) is 44.3 Å². The lowest BCUT2D eigenvalue weighted by atomic mass is 10.0. The third kappa shape index (κ3) is 13.1. The summed E-state index contributed by atoms with van der Waals surface area (Å²) in [5.41, 5.74) is 12.7. The minimum absolute atomic E-state index is 0.00842. The summed E-state index contributed by atoms with van der Waals surface area (Å²) in [4.78, 5) is 84.6. The summed E-state index contributed by atoms with van der Waals surface area (Å²) in [7, 11) is 0. The molecule has 0 saturated carbocycles. The van der Waals surface area contributed by atoms with E-state index in [-0.39, 0.29) is 44.4 Å². The zero-order chi connectivity index (χ0) is 40.6. The maximum absolute atomic E-state index is 13.5. The van der Waals surface area contributed by atoms with E-state index in [1.165, 1.54) is 9.80 Å². The van der Waals surface area contributed by atoms with Gasteiger partial charge >= 0.3 is 12.1 Å². The number of rotatable bonds is 18. The van der Waals surface area contributed by atoms with Crippen LogP contribution in [0.2, 0.25) is 0 Å². The van der Waals surface area contributed by atoms with Crippen LogP contribution in [0.3, 0.4) is 0 Å². The van der Waals surface area contributed by atoms with Gasteiger partial charge in [0.1, 0.15) is 30.8 Å². The molecule has 4 rings (SSSR count). The lowest BCUT2D eigenvalue weighted by Crippen LogP contribution is -2.55. The van der Waals surface area contributed by atoms with Gasteiger partial charge in [0.25, 0.3) is 0 Å². The van der Waals surface area contributed by atoms with Crippen LogP contribution in [-0.2, 0) is 35.3 Å². The Bertz CT molecular complexity index is 1730. The standard InChI is InChI=1S/C38H52N10O8/c1-24(2)21-29(33(50)42-22-32(49)47-19-7-12-30(47)34(51)43-28(36(53)54)11-6-18-41-37(39)40)44-35(52)31-13-8-20-48(31)38(55)56-23-25-14-16-27(17-15-25)46-45-26-9-4-3-5-10-26/h3-5,9-10,14-17,24,28-31H,6-8,11-13,18-23H2,1-2H3,(H,42,50)(H,43,51)(H,44,52)(H,53,54)(H4,39,40,41)/t28?,29?,30-,31-/m0/s1. The summed E-state index contributed by atoms with van der Waals surface area (Å²) in [6.07, 6.45) is 1.79. The minimum Gasteiger partial charge on any atom is -0.480 e. The molecule has 2 fully saturated rings. The molecule has 302 valence electrons. The molecule has 5 amide bonds. The van der Waals surface area contributed by atoms with Gasteiger partial charge in [-0.2, -0.15) is 10.2 Å². The SMILES string of the molecule is CC(C)CC(NC(=O)[C@@H]1CCCN1C(=O)OCc1ccc(N=Nc2ccccc2)cc1)C(=O)NCC(=O)N1CCC[C@H]1C(=O)NC(CCCN=C(N)N)C(=O)O. The van der Waals surface area contributed by atoms with Crippen molar-refractivity contribution in [3.63, 3.8) is 0 Å². The fraction of sp³-hybridized carbons (Fsp3) is 0.500. The number of aliphatic imine (C=N–C) groups is 1. The number of nitrogens with two attached hydrogens (primary N) is 2. The first-order valence-corrected chi connectivity index (χ1v) is 18.8. The molecule has 2 saturated heterocycles. The van der Waals surface area contributed by atoms with E-state index >= 15 is 0 Å². The van der Waals surface area contributed by atoms with Gasteiger partial charge in [0.2, 0.25) is 23.6 Å². The zero-order valence-electron chi connectivity index (χ0n) is 31.8. The Labute approximate surface area is 325 Å². The first kappa shape index (κ1) is 42.7. The summed E-state index contributed by atoms with van der Waals surface area (Å²) in [5, 5.41) is 25.9. The number of likely N-dealkylation sites (tertiary alicyclic amines) is 2. The average Bonchev–Trinajstić information content (AvgIpc) is 3.88. The van der Waals surface area contributed by atoms with Gasteiger partial charge in [0.05, 0.1) is 17.9 Å². The highest BCUT2D eigenvalue weighted by Gasteiger charge is 2.38. The van der Waals surface area contributed by atoms with Gasteiger partial charge in [0, 0.05) is 19.6 Å². The molecule has 2 heterocycles. The second-order valence-corrected chi connectivity index (χ2v) is 14.1. The highest BCUT2D eigenvalue weighted by molar-refractivity contribution is 5.95. The van der Waals surface area contributed by atoms with Crippen molar-refractivity contribution in [3.05, 3.63) is 60.2 Å². The monoisotopic (exact) mass is 776 g/mol. The fourth-order valence-electron chi connectivity index (χ4n) is 6.48. The topological polar surface area (TPSA) is 264 Å². The average molecular weight is 777 g/mol. The second kappa shape index (κ2) is 21.1. The van der Waals surface area contributed by atoms with Crippen molar-refractivity contribution in [2.24, 2.45) is 32.6 Å². The Morgan fingerprint density at radius 1 is 0.839 bits per heavy atom. The van der Waals surface area contributed by atoms with Crippen LogP contribution >= 0.6 is 0 Å².